The Labute approximate surface area is 177 Å². The number of nitro groups is 1. The van der Waals surface area contributed by atoms with Gasteiger partial charge in [-0.3, -0.25) is 14.9 Å². The van der Waals surface area contributed by atoms with Gasteiger partial charge in [0.25, 0.3) is 11.6 Å². The van der Waals surface area contributed by atoms with Crippen LogP contribution in [0.1, 0.15) is 54.3 Å². The molecule has 10 heteroatoms. The number of carbonyl (C=O) groups is 1. The van der Waals surface area contributed by atoms with Gasteiger partial charge in [-0.25, -0.2) is 0 Å². The van der Waals surface area contributed by atoms with Crippen molar-refractivity contribution < 1.29 is 9.72 Å². The van der Waals surface area contributed by atoms with Crippen LogP contribution in [0.2, 0.25) is 0 Å². The van der Waals surface area contributed by atoms with E-state index in [2.05, 4.69) is 25.1 Å². The highest BCUT2D eigenvalue weighted by atomic mass is 32.2. The van der Waals surface area contributed by atoms with E-state index in [0.717, 1.165) is 23.8 Å². The summed E-state index contributed by atoms with van der Waals surface area (Å²) < 4.78 is 2.28. The molecule has 0 unspecified atom stereocenters. The van der Waals surface area contributed by atoms with Gasteiger partial charge in [0.1, 0.15) is 5.82 Å². The highest BCUT2D eigenvalue weighted by Crippen LogP contribution is 2.33. The second-order valence-electron chi connectivity index (χ2n) is 7.46. The fraction of sp³-hybridized carbons (Fsp3) is 0.450. The van der Waals surface area contributed by atoms with Crippen LogP contribution in [0.15, 0.2) is 29.6 Å². The van der Waals surface area contributed by atoms with E-state index in [1.165, 1.54) is 37.8 Å². The highest BCUT2D eigenvalue weighted by molar-refractivity contribution is 7.98. The molecular formula is C20H24N6O3S. The predicted molar refractivity (Wildman–Crippen MR) is 115 cm³/mol. The van der Waals surface area contributed by atoms with E-state index in [-0.39, 0.29) is 11.6 Å². The van der Waals surface area contributed by atoms with Gasteiger partial charge in [0.15, 0.2) is 5.16 Å². The quantitative estimate of drug-likeness (QED) is 0.243. The normalized spacial score (nSPS) is 14.4. The standard InChI is InChI=1S/C20H24N6O3S/c1-30-20-24-23-18(25(20)13-5-2-3-6-13)7-4-10-21-19(27)16-12-22-17-9-8-14(26(28)29)11-15(16)17/h8-9,11-13,22H,2-7,10H2,1H3,(H,21,27). The van der Waals surface area contributed by atoms with Crippen molar-refractivity contribution in [2.24, 2.45) is 0 Å². The van der Waals surface area contributed by atoms with E-state index >= 15 is 0 Å². The Morgan fingerprint density at radius 3 is 2.90 bits per heavy atom. The molecule has 1 saturated carbocycles. The summed E-state index contributed by atoms with van der Waals surface area (Å²) in [5.41, 5.74) is 1.07. The largest absolute Gasteiger partial charge is 0.360 e. The molecule has 0 radical (unpaired) electrons. The summed E-state index contributed by atoms with van der Waals surface area (Å²) in [6.07, 6.45) is 9.92. The van der Waals surface area contributed by atoms with E-state index in [1.807, 2.05) is 6.26 Å². The summed E-state index contributed by atoms with van der Waals surface area (Å²) in [7, 11) is 0. The summed E-state index contributed by atoms with van der Waals surface area (Å²) in [5.74, 6) is 0.729. The number of benzene rings is 1. The molecule has 0 bridgehead atoms. The fourth-order valence-electron chi connectivity index (χ4n) is 4.10. The topological polar surface area (TPSA) is 119 Å². The number of aryl methyl sites for hydroxylation is 1. The van der Waals surface area contributed by atoms with Crippen LogP contribution in [-0.2, 0) is 6.42 Å². The molecule has 2 aromatic heterocycles. The Bertz CT molecular complexity index is 1070. The van der Waals surface area contributed by atoms with Crippen molar-refractivity contribution in [1.82, 2.24) is 25.1 Å². The van der Waals surface area contributed by atoms with Gasteiger partial charge in [-0.15, -0.1) is 10.2 Å². The number of fused-ring (bicyclic) bond motifs is 1. The van der Waals surface area contributed by atoms with Crippen LogP contribution in [0.25, 0.3) is 10.9 Å². The van der Waals surface area contributed by atoms with Crippen molar-refractivity contribution in [1.29, 1.82) is 0 Å². The van der Waals surface area contributed by atoms with Crippen molar-refractivity contribution in [3.8, 4) is 0 Å². The van der Waals surface area contributed by atoms with Crippen molar-refractivity contribution >= 4 is 34.3 Å². The first-order chi connectivity index (χ1) is 14.6. The van der Waals surface area contributed by atoms with Gasteiger partial charge in [-0.1, -0.05) is 24.6 Å². The van der Waals surface area contributed by atoms with Gasteiger partial charge in [-0.2, -0.15) is 0 Å². The fourth-order valence-corrected chi connectivity index (χ4v) is 4.67. The van der Waals surface area contributed by atoms with Crippen molar-refractivity contribution in [2.75, 3.05) is 12.8 Å². The van der Waals surface area contributed by atoms with Crippen LogP contribution in [0.3, 0.4) is 0 Å². The minimum Gasteiger partial charge on any atom is -0.360 e. The molecule has 3 aromatic rings. The summed E-state index contributed by atoms with van der Waals surface area (Å²) in [6, 6.07) is 4.94. The van der Waals surface area contributed by atoms with Gasteiger partial charge >= 0.3 is 0 Å². The number of thioether (sulfide) groups is 1. The zero-order chi connectivity index (χ0) is 21.1. The Balaban J connectivity index is 1.38. The number of amides is 1. The van der Waals surface area contributed by atoms with Gasteiger partial charge < -0.3 is 14.9 Å². The third-order valence-electron chi connectivity index (χ3n) is 5.59. The van der Waals surface area contributed by atoms with Crippen molar-refractivity contribution in [3.05, 3.63) is 45.9 Å². The number of carbonyl (C=O) groups excluding carboxylic acids is 1. The lowest BCUT2D eigenvalue weighted by atomic mass is 10.1. The van der Waals surface area contributed by atoms with Crippen molar-refractivity contribution in [2.45, 2.75) is 49.7 Å². The lowest BCUT2D eigenvalue weighted by Crippen LogP contribution is -2.25. The number of nitrogens with one attached hydrogen (secondary N) is 2. The van der Waals surface area contributed by atoms with Gasteiger partial charge in [0.2, 0.25) is 0 Å². The molecule has 0 atom stereocenters. The first kappa shape index (κ1) is 20.4. The number of nitro benzene ring substituents is 1. The molecule has 9 nitrogen and oxygen atoms in total. The Kier molecular flexibility index (Phi) is 6.03. The number of non-ortho nitro benzene ring substituents is 1. The average molecular weight is 429 g/mol. The molecule has 4 rings (SSSR count). The zero-order valence-electron chi connectivity index (χ0n) is 16.8. The zero-order valence-corrected chi connectivity index (χ0v) is 17.6. The Morgan fingerprint density at radius 1 is 1.37 bits per heavy atom. The minimum atomic E-state index is -0.461. The maximum Gasteiger partial charge on any atom is 0.270 e. The molecule has 0 aliphatic heterocycles. The average Bonchev–Trinajstić information content (AvgIpc) is 3.49. The molecule has 2 heterocycles. The lowest BCUT2D eigenvalue weighted by Gasteiger charge is -2.16. The number of aromatic nitrogens is 4. The monoisotopic (exact) mass is 428 g/mol. The minimum absolute atomic E-state index is 0.0352. The molecule has 2 N–H and O–H groups in total. The molecule has 1 fully saturated rings. The van der Waals surface area contributed by atoms with Crippen LogP contribution >= 0.6 is 11.8 Å². The first-order valence-corrected chi connectivity index (χ1v) is 11.3. The molecule has 0 saturated heterocycles. The number of H-pyrrole nitrogens is 1. The number of rotatable bonds is 8. The van der Waals surface area contributed by atoms with Gasteiger partial charge in [-0.05, 0) is 31.6 Å². The second-order valence-corrected chi connectivity index (χ2v) is 8.23. The SMILES string of the molecule is CSc1nnc(CCCNC(=O)c2c[nH]c3ccc([N+](=O)[O-])cc23)n1C1CCCC1. The second kappa shape index (κ2) is 8.86. The number of hydrogen-bond donors (Lipinski definition) is 2. The first-order valence-electron chi connectivity index (χ1n) is 10.1. The van der Waals surface area contributed by atoms with Crippen LogP contribution in [0, 0.1) is 10.1 Å². The third-order valence-corrected chi connectivity index (χ3v) is 6.23. The van der Waals surface area contributed by atoms with Crippen LogP contribution in [-0.4, -0.2) is 43.4 Å². The number of aromatic amines is 1. The molecule has 1 aromatic carbocycles. The van der Waals surface area contributed by atoms with Crippen LogP contribution in [0.5, 0.6) is 0 Å². The summed E-state index contributed by atoms with van der Waals surface area (Å²) in [4.78, 5) is 26.2. The van der Waals surface area contributed by atoms with Crippen molar-refractivity contribution in [3.63, 3.8) is 0 Å². The van der Waals surface area contributed by atoms with Gasteiger partial charge in [0.05, 0.1) is 10.5 Å². The Morgan fingerprint density at radius 2 is 2.17 bits per heavy atom. The highest BCUT2D eigenvalue weighted by Gasteiger charge is 2.23. The smallest absolute Gasteiger partial charge is 0.270 e. The lowest BCUT2D eigenvalue weighted by molar-refractivity contribution is -0.384. The molecule has 158 valence electrons. The predicted octanol–water partition coefficient (Wildman–Crippen LogP) is 3.87. The maximum absolute atomic E-state index is 12.6. The van der Waals surface area contributed by atoms with Gasteiger partial charge in [0, 0.05) is 48.2 Å². The maximum atomic E-state index is 12.6. The molecular weight excluding hydrogens is 404 g/mol. The summed E-state index contributed by atoms with van der Waals surface area (Å²) in [5, 5.41) is 24.1. The summed E-state index contributed by atoms with van der Waals surface area (Å²) >= 11 is 1.62. The number of nitrogens with zero attached hydrogens (tertiary/aromatic N) is 4. The van der Waals surface area contributed by atoms with Crippen LogP contribution in [0.4, 0.5) is 5.69 Å². The van der Waals surface area contributed by atoms with E-state index < -0.39 is 4.92 Å². The molecule has 1 aliphatic rings. The van der Waals surface area contributed by atoms with E-state index in [4.69, 9.17) is 0 Å². The van der Waals surface area contributed by atoms with E-state index in [0.29, 0.717) is 29.1 Å². The molecule has 0 spiro atoms. The van der Waals surface area contributed by atoms with E-state index in [9.17, 15) is 14.9 Å². The molecule has 1 amide bonds. The Hall–Kier alpha value is -2.88. The number of hydrogen-bond acceptors (Lipinski definition) is 6. The van der Waals surface area contributed by atoms with Crippen LogP contribution < -0.4 is 5.32 Å². The molecule has 30 heavy (non-hydrogen) atoms. The summed E-state index contributed by atoms with van der Waals surface area (Å²) in [6.45, 7) is 0.493. The third kappa shape index (κ3) is 4.04. The molecule has 1 aliphatic carbocycles. The van der Waals surface area contributed by atoms with E-state index in [1.54, 1.807) is 24.0 Å².